The van der Waals surface area contributed by atoms with Crippen LogP contribution in [0, 0.1) is 17.1 Å². The van der Waals surface area contributed by atoms with Crippen molar-refractivity contribution < 1.29 is 9.18 Å². The molecule has 0 saturated heterocycles. The molecule has 0 aromatic heterocycles. The second-order valence-electron chi connectivity index (χ2n) is 5.16. The molecular weight excluding hydrogens is 279 g/mol. The van der Waals surface area contributed by atoms with E-state index < -0.39 is 11.7 Å². The fourth-order valence-corrected chi connectivity index (χ4v) is 2.22. The molecule has 0 aliphatic heterocycles. The molecule has 0 fully saturated rings. The lowest BCUT2D eigenvalue weighted by Gasteiger charge is -2.15. The van der Waals surface area contributed by atoms with Crippen LogP contribution in [0.1, 0.15) is 47.7 Å². The van der Waals surface area contributed by atoms with Gasteiger partial charge in [0, 0.05) is 5.69 Å². The second kappa shape index (κ2) is 6.86. The van der Waals surface area contributed by atoms with Gasteiger partial charge in [0.25, 0.3) is 5.91 Å². The van der Waals surface area contributed by atoms with E-state index in [9.17, 15) is 9.18 Å². The van der Waals surface area contributed by atoms with Crippen molar-refractivity contribution in [3.05, 3.63) is 65.0 Å². The molecule has 1 amide bonds. The molecule has 1 N–H and O–H groups in total. The highest BCUT2D eigenvalue weighted by Crippen LogP contribution is 2.27. The minimum Gasteiger partial charge on any atom is -0.322 e. The minimum absolute atomic E-state index is 0.0713. The molecule has 0 aliphatic carbocycles. The Morgan fingerprint density at radius 1 is 1.32 bits per heavy atom. The van der Waals surface area contributed by atoms with Gasteiger partial charge in [0.05, 0.1) is 17.2 Å². The first-order valence-corrected chi connectivity index (χ1v) is 7.16. The van der Waals surface area contributed by atoms with Crippen LogP contribution >= 0.6 is 0 Å². The highest BCUT2D eigenvalue weighted by molar-refractivity contribution is 6.05. The molecule has 0 aliphatic rings. The van der Waals surface area contributed by atoms with Gasteiger partial charge in [-0.05, 0) is 42.2 Å². The largest absolute Gasteiger partial charge is 0.322 e. The Kier molecular flexibility index (Phi) is 4.90. The third-order valence-corrected chi connectivity index (χ3v) is 3.70. The van der Waals surface area contributed by atoms with E-state index >= 15 is 0 Å². The monoisotopic (exact) mass is 296 g/mol. The van der Waals surface area contributed by atoms with Crippen LogP contribution in [-0.4, -0.2) is 5.91 Å². The summed E-state index contributed by atoms with van der Waals surface area (Å²) < 4.78 is 13.9. The highest BCUT2D eigenvalue weighted by Gasteiger charge is 2.15. The quantitative estimate of drug-likeness (QED) is 0.905. The van der Waals surface area contributed by atoms with Gasteiger partial charge in [-0.1, -0.05) is 32.0 Å². The summed E-state index contributed by atoms with van der Waals surface area (Å²) in [6.07, 6.45) is 0.943. The first kappa shape index (κ1) is 15.7. The van der Waals surface area contributed by atoms with Crippen molar-refractivity contribution in [1.82, 2.24) is 0 Å². The van der Waals surface area contributed by atoms with Crippen LogP contribution in [-0.2, 0) is 0 Å². The van der Waals surface area contributed by atoms with Crippen molar-refractivity contribution in [2.75, 3.05) is 5.32 Å². The molecule has 22 heavy (non-hydrogen) atoms. The zero-order valence-electron chi connectivity index (χ0n) is 12.6. The molecule has 0 heterocycles. The topological polar surface area (TPSA) is 52.9 Å². The molecule has 2 rings (SSSR count). The van der Waals surface area contributed by atoms with Crippen LogP contribution in [0.5, 0.6) is 0 Å². The average Bonchev–Trinajstić information content (AvgIpc) is 2.54. The van der Waals surface area contributed by atoms with Crippen LogP contribution in [0.4, 0.5) is 10.1 Å². The number of carbonyl (C=O) groups is 1. The Morgan fingerprint density at radius 3 is 2.68 bits per heavy atom. The first-order valence-electron chi connectivity index (χ1n) is 7.16. The Labute approximate surface area is 129 Å². The number of rotatable bonds is 4. The average molecular weight is 296 g/mol. The summed E-state index contributed by atoms with van der Waals surface area (Å²) in [7, 11) is 0. The Morgan fingerprint density at radius 2 is 2.05 bits per heavy atom. The van der Waals surface area contributed by atoms with Crippen molar-refractivity contribution in [2.24, 2.45) is 0 Å². The van der Waals surface area contributed by atoms with Crippen molar-refractivity contribution in [3.63, 3.8) is 0 Å². The van der Waals surface area contributed by atoms with Crippen molar-refractivity contribution in [1.29, 1.82) is 5.26 Å². The van der Waals surface area contributed by atoms with Gasteiger partial charge < -0.3 is 5.32 Å². The van der Waals surface area contributed by atoms with Gasteiger partial charge in [-0.25, -0.2) is 4.39 Å². The number of anilines is 1. The van der Waals surface area contributed by atoms with E-state index in [-0.39, 0.29) is 11.1 Å². The first-order chi connectivity index (χ1) is 10.6. The van der Waals surface area contributed by atoms with Crippen LogP contribution < -0.4 is 5.32 Å². The van der Waals surface area contributed by atoms with Gasteiger partial charge in [0.2, 0.25) is 0 Å². The lowest BCUT2D eigenvalue weighted by atomic mass is 9.96. The fourth-order valence-electron chi connectivity index (χ4n) is 2.22. The van der Waals surface area contributed by atoms with Crippen molar-refractivity contribution in [2.45, 2.75) is 26.2 Å². The van der Waals surface area contributed by atoms with Gasteiger partial charge in [0.1, 0.15) is 5.82 Å². The number of carbonyl (C=O) groups excluding carboxylic acids is 1. The normalized spacial score (nSPS) is 11.5. The highest BCUT2D eigenvalue weighted by atomic mass is 19.1. The summed E-state index contributed by atoms with van der Waals surface area (Å²) in [6, 6.07) is 13.2. The molecule has 2 aromatic carbocycles. The van der Waals surface area contributed by atoms with E-state index in [1.54, 1.807) is 6.07 Å². The summed E-state index contributed by atoms with van der Waals surface area (Å²) in [6.45, 7) is 4.15. The molecule has 2 aromatic rings. The summed E-state index contributed by atoms with van der Waals surface area (Å²) >= 11 is 0. The van der Waals surface area contributed by atoms with E-state index in [4.69, 9.17) is 5.26 Å². The molecular formula is C18H17FN2O. The standard InChI is InChI=1S/C18H17FN2O/c1-3-12(2)14-6-4-5-7-17(14)21-18(22)15-9-8-13(11-20)10-16(15)19/h4-10,12H,3H2,1-2H3,(H,21,22)/t12-/m0/s1. The van der Waals surface area contributed by atoms with Gasteiger partial charge in [-0.2, -0.15) is 5.26 Å². The zero-order valence-corrected chi connectivity index (χ0v) is 12.6. The number of hydrogen-bond acceptors (Lipinski definition) is 2. The maximum absolute atomic E-state index is 13.9. The van der Waals surface area contributed by atoms with Crippen LogP contribution in [0.3, 0.4) is 0 Å². The second-order valence-corrected chi connectivity index (χ2v) is 5.16. The number of nitrogens with zero attached hydrogens (tertiary/aromatic N) is 1. The van der Waals surface area contributed by atoms with E-state index in [1.165, 1.54) is 12.1 Å². The van der Waals surface area contributed by atoms with Gasteiger partial charge in [-0.15, -0.1) is 0 Å². The number of amides is 1. The van der Waals surface area contributed by atoms with Crippen molar-refractivity contribution in [3.8, 4) is 6.07 Å². The van der Waals surface area contributed by atoms with Crippen LogP contribution in [0.25, 0.3) is 0 Å². The number of para-hydroxylation sites is 1. The molecule has 0 bridgehead atoms. The lowest BCUT2D eigenvalue weighted by Crippen LogP contribution is -2.15. The van der Waals surface area contributed by atoms with E-state index in [2.05, 4.69) is 19.2 Å². The molecule has 0 spiro atoms. The summed E-state index contributed by atoms with van der Waals surface area (Å²) in [5.41, 5.74) is 1.82. The number of hydrogen-bond donors (Lipinski definition) is 1. The predicted octanol–water partition coefficient (Wildman–Crippen LogP) is 4.46. The van der Waals surface area contributed by atoms with Gasteiger partial charge in [0.15, 0.2) is 0 Å². The Balaban J connectivity index is 2.28. The molecule has 112 valence electrons. The maximum Gasteiger partial charge on any atom is 0.258 e. The van der Waals surface area contributed by atoms with E-state index in [0.29, 0.717) is 11.6 Å². The molecule has 0 unspecified atom stereocenters. The summed E-state index contributed by atoms with van der Waals surface area (Å²) in [4.78, 5) is 12.3. The number of halogens is 1. The fraction of sp³-hybridized carbons (Fsp3) is 0.222. The Bertz CT molecular complexity index is 734. The van der Waals surface area contributed by atoms with Gasteiger partial charge in [-0.3, -0.25) is 4.79 Å². The van der Waals surface area contributed by atoms with E-state index in [1.807, 2.05) is 24.3 Å². The molecule has 3 nitrogen and oxygen atoms in total. The number of benzene rings is 2. The molecule has 0 radical (unpaired) electrons. The van der Waals surface area contributed by atoms with Crippen LogP contribution in [0.15, 0.2) is 42.5 Å². The molecule has 1 atom stereocenters. The third-order valence-electron chi connectivity index (χ3n) is 3.70. The van der Waals surface area contributed by atoms with Gasteiger partial charge >= 0.3 is 0 Å². The zero-order chi connectivity index (χ0) is 16.1. The maximum atomic E-state index is 13.9. The van der Waals surface area contributed by atoms with Crippen LogP contribution in [0.2, 0.25) is 0 Å². The van der Waals surface area contributed by atoms with Crippen molar-refractivity contribution >= 4 is 11.6 Å². The smallest absolute Gasteiger partial charge is 0.258 e. The summed E-state index contributed by atoms with van der Waals surface area (Å²) in [5, 5.41) is 11.5. The molecule has 0 saturated carbocycles. The number of nitriles is 1. The Hall–Kier alpha value is -2.67. The lowest BCUT2D eigenvalue weighted by molar-refractivity contribution is 0.102. The summed E-state index contributed by atoms with van der Waals surface area (Å²) in [5.74, 6) is -0.919. The minimum atomic E-state index is -0.697. The SMILES string of the molecule is CC[C@H](C)c1ccccc1NC(=O)c1ccc(C#N)cc1F. The predicted molar refractivity (Wildman–Crippen MR) is 84.2 cm³/mol. The molecule has 4 heteroatoms. The number of nitrogens with one attached hydrogen (secondary N) is 1. The third kappa shape index (κ3) is 3.32. The van der Waals surface area contributed by atoms with E-state index in [0.717, 1.165) is 18.1 Å².